The SMILES string of the molecule is CCOc1ccc(CCN2C(=O)C(O)=C(c3ccc(OC(C)C)cc3)C2=O)cc1OCC. The number of aliphatic hydroxyl groups is 1. The molecule has 1 N–H and O–H groups in total. The highest BCUT2D eigenvalue weighted by molar-refractivity contribution is 6.34. The normalized spacial score (nSPS) is 13.8. The first-order chi connectivity index (χ1) is 15.3. The summed E-state index contributed by atoms with van der Waals surface area (Å²) >= 11 is 0. The molecule has 0 saturated carbocycles. The number of carbonyl (C=O) groups is 2. The lowest BCUT2D eigenvalue weighted by molar-refractivity contribution is -0.138. The highest BCUT2D eigenvalue weighted by atomic mass is 16.5. The van der Waals surface area contributed by atoms with Gasteiger partial charge in [0.25, 0.3) is 11.8 Å². The van der Waals surface area contributed by atoms with Crippen LogP contribution in [0.25, 0.3) is 5.57 Å². The van der Waals surface area contributed by atoms with Crippen LogP contribution in [0.15, 0.2) is 48.2 Å². The number of amides is 2. The standard InChI is InChI=1S/C25H29NO6/c1-5-30-20-12-7-17(15-21(20)31-6-2)13-14-26-24(28)22(23(27)25(26)29)18-8-10-19(11-9-18)32-16(3)4/h7-12,15-16,27H,5-6,13-14H2,1-4H3. The van der Waals surface area contributed by atoms with Crippen LogP contribution in [0.1, 0.15) is 38.8 Å². The first-order valence-electron chi connectivity index (χ1n) is 10.8. The second-order valence-electron chi connectivity index (χ2n) is 7.57. The van der Waals surface area contributed by atoms with Crippen LogP contribution in [-0.2, 0) is 16.0 Å². The molecule has 2 amide bonds. The first-order valence-corrected chi connectivity index (χ1v) is 10.8. The topological polar surface area (TPSA) is 85.3 Å². The Morgan fingerprint density at radius 2 is 1.56 bits per heavy atom. The molecule has 3 rings (SSSR count). The summed E-state index contributed by atoms with van der Waals surface area (Å²) in [6, 6.07) is 12.3. The maximum atomic E-state index is 12.9. The second-order valence-corrected chi connectivity index (χ2v) is 7.57. The van der Waals surface area contributed by atoms with E-state index in [2.05, 4.69) is 0 Å². The molecule has 1 heterocycles. The summed E-state index contributed by atoms with van der Waals surface area (Å²) in [5.41, 5.74) is 1.37. The van der Waals surface area contributed by atoms with Gasteiger partial charge in [0.2, 0.25) is 0 Å². The molecule has 32 heavy (non-hydrogen) atoms. The van der Waals surface area contributed by atoms with Gasteiger partial charge in [-0.2, -0.15) is 0 Å². The van der Waals surface area contributed by atoms with Crippen molar-refractivity contribution in [1.29, 1.82) is 0 Å². The van der Waals surface area contributed by atoms with E-state index >= 15 is 0 Å². The predicted octanol–water partition coefficient (Wildman–Crippen LogP) is 4.15. The van der Waals surface area contributed by atoms with Crippen LogP contribution in [0.2, 0.25) is 0 Å². The lowest BCUT2D eigenvalue weighted by atomic mass is 10.1. The first kappa shape index (κ1) is 23.2. The van der Waals surface area contributed by atoms with Gasteiger partial charge in [0.05, 0.1) is 24.9 Å². The highest BCUT2D eigenvalue weighted by Gasteiger charge is 2.38. The summed E-state index contributed by atoms with van der Waals surface area (Å²) in [6.07, 6.45) is 0.440. The Labute approximate surface area is 188 Å². The molecule has 2 aromatic carbocycles. The second kappa shape index (κ2) is 10.2. The van der Waals surface area contributed by atoms with Crippen molar-refractivity contribution in [3.05, 3.63) is 59.4 Å². The van der Waals surface area contributed by atoms with Crippen molar-refractivity contribution in [2.45, 2.75) is 40.2 Å². The van der Waals surface area contributed by atoms with E-state index in [1.165, 1.54) is 0 Å². The number of ether oxygens (including phenoxy) is 3. The maximum Gasteiger partial charge on any atom is 0.296 e. The van der Waals surface area contributed by atoms with Gasteiger partial charge in [-0.25, -0.2) is 0 Å². The predicted molar refractivity (Wildman–Crippen MR) is 121 cm³/mol. The Hall–Kier alpha value is -3.48. The van der Waals surface area contributed by atoms with Gasteiger partial charge >= 0.3 is 0 Å². The number of rotatable bonds is 10. The smallest absolute Gasteiger partial charge is 0.296 e. The minimum Gasteiger partial charge on any atom is -0.502 e. The number of carbonyl (C=O) groups excluding carboxylic acids is 2. The fourth-order valence-electron chi connectivity index (χ4n) is 3.49. The molecule has 0 saturated heterocycles. The maximum absolute atomic E-state index is 12.9. The van der Waals surface area contributed by atoms with Gasteiger partial charge in [-0.05, 0) is 69.5 Å². The molecule has 0 bridgehead atoms. The third-order valence-corrected chi connectivity index (χ3v) is 4.89. The fourth-order valence-corrected chi connectivity index (χ4v) is 3.49. The molecule has 0 aromatic heterocycles. The van der Waals surface area contributed by atoms with Crippen LogP contribution in [0.3, 0.4) is 0 Å². The van der Waals surface area contributed by atoms with Crippen LogP contribution in [0, 0.1) is 0 Å². The molecule has 2 aromatic rings. The number of imide groups is 1. The summed E-state index contributed by atoms with van der Waals surface area (Å²) in [4.78, 5) is 26.6. The summed E-state index contributed by atoms with van der Waals surface area (Å²) < 4.78 is 16.8. The molecular weight excluding hydrogens is 410 g/mol. The largest absolute Gasteiger partial charge is 0.502 e. The highest BCUT2D eigenvalue weighted by Crippen LogP contribution is 2.31. The number of hydrogen-bond acceptors (Lipinski definition) is 6. The zero-order chi connectivity index (χ0) is 23.3. The van der Waals surface area contributed by atoms with Crippen molar-refractivity contribution in [1.82, 2.24) is 4.90 Å². The Bertz CT molecular complexity index is 1010. The monoisotopic (exact) mass is 439 g/mol. The van der Waals surface area contributed by atoms with E-state index in [-0.39, 0.29) is 18.2 Å². The van der Waals surface area contributed by atoms with Gasteiger partial charge in [0.1, 0.15) is 5.75 Å². The van der Waals surface area contributed by atoms with Gasteiger partial charge in [0, 0.05) is 6.54 Å². The Kier molecular flexibility index (Phi) is 7.41. The molecule has 0 fully saturated rings. The van der Waals surface area contributed by atoms with Crippen molar-refractivity contribution >= 4 is 17.4 Å². The molecule has 0 spiro atoms. The minimum atomic E-state index is -0.691. The third-order valence-electron chi connectivity index (χ3n) is 4.89. The summed E-state index contributed by atoms with van der Waals surface area (Å²) in [5.74, 6) is 0.186. The van der Waals surface area contributed by atoms with Gasteiger partial charge in [-0.3, -0.25) is 14.5 Å². The van der Waals surface area contributed by atoms with E-state index in [1.54, 1.807) is 24.3 Å². The van der Waals surface area contributed by atoms with Crippen LogP contribution in [-0.4, -0.2) is 47.7 Å². The van der Waals surface area contributed by atoms with Gasteiger partial charge in [-0.15, -0.1) is 0 Å². The van der Waals surface area contributed by atoms with Crippen LogP contribution in [0.4, 0.5) is 0 Å². The fraction of sp³-hybridized carbons (Fsp3) is 0.360. The van der Waals surface area contributed by atoms with Crippen molar-refractivity contribution in [3.8, 4) is 17.2 Å². The number of aliphatic hydroxyl groups excluding tert-OH is 1. The van der Waals surface area contributed by atoms with Gasteiger partial charge in [0.15, 0.2) is 17.3 Å². The summed E-state index contributed by atoms with van der Waals surface area (Å²) in [5, 5.41) is 10.4. The molecule has 7 nitrogen and oxygen atoms in total. The number of nitrogens with zero attached hydrogens (tertiary/aromatic N) is 1. The summed E-state index contributed by atoms with van der Waals surface area (Å²) in [7, 11) is 0. The zero-order valence-electron chi connectivity index (χ0n) is 18.9. The average Bonchev–Trinajstić information content (AvgIpc) is 2.97. The Balaban J connectivity index is 1.72. The summed E-state index contributed by atoms with van der Waals surface area (Å²) in [6.45, 7) is 8.78. The van der Waals surface area contributed by atoms with Gasteiger partial charge < -0.3 is 19.3 Å². The van der Waals surface area contributed by atoms with E-state index in [9.17, 15) is 14.7 Å². The average molecular weight is 440 g/mol. The van der Waals surface area contributed by atoms with E-state index < -0.39 is 17.6 Å². The van der Waals surface area contributed by atoms with E-state index in [1.807, 2.05) is 45.9 Å². The molecule has 1 aliphatic heterocycles. The van der Waals surface area contributed by atoms with Crippen LogP contribution >= 0.6 is 0 Å². The molecule has 0 radical (unpaired) electrons. The van der Waals surface area contributed by atoms with Crippen LogP contribution in [0.5, 0.6) is 17.2 Å². The zero-order valence-corrected chi connectivity index (χ0v) is 18.9. The van der Waals surface area contributed by atoms with Gasteiger partial charge in [-0.1, -0.05) is 18.2 Å². The number of hydrogen-bond donors (Lipinski definition) is 1. The van der Waals surface area contributed by atoms with Crippen molar-refractivity contribution in [2.24, 2.45) is 0 Å². The molecule has 1 aliphatic rings. The molecular formula is C25H29NO6. The Morgan fingerprint density at radius 3 is 2.19 bits per heavy atom. The lowest BCUT2D eigenvalue weighted by Gasteiger charge is -2.16. The van der Waals surface area contributed by atoms with Crippen LogP contribution < -0.4 is 14.2 Å². The Morgan fingerprint density at radius 1 is 0.906 bits per heavy atom. The molecule has 170 valence electrons. The molecule has 0 aliphatic carbocycles. The van der Waals surface area contributed by atoms with Crippen molar-refractivity contribution in [2.75, 3.05) is 19.8 Å². The molecule has 7 heteroatoms. The molecule has 0 unspecified atom stereocenters. The van der Waals surface area contributed by atoms with E-state index in [0.29, 0.717) is 42.4 Å². The van der Waals surface area contributed by atoms with E-state index in [4.69, 9.17) is 14.2 Å². The van der Waals surface area contributed by atoms with E-state index in [0.717, 1.165) is 10.5 Å². The lowest BCUT2D eigenvalue weighted by Crippen LogP contribution is -2.33. The third kappa shape index (κ3) is 5.04. The quantitative estimate of drug-likeness (QED) is 0.560. The molecule has 0 atom stereocenters. The minimum absolute atomic E-state index is 0.00722. The van der Waals surface area contributed by atoms with Crippen molar-refractivity contribution in [3.63, 3.8) is 0 Å². The van der Waals surface area contributed by atoms with Crippen molar-refractivity contribution < 1.29 is 28.9 Å². The number of benzene rings is 2.